The summed E-state index contributed by atoms with van der Waals surface area (Å²) in [4.78, 5) is 0. The zero-order valence-corrected chi connectivity index (χ0v) is 11.1. The molecule has 17 heavy (non-hydrogen) atoms. The maximum atomic E-state index is 5.49. The van der Waals surface area contributed by atoms with E-state index in [1.165, 1.54) is 24.2 Å². The Bertz CT molecular complexity index is 357. The molecule has 0 radical (unpaired) electrons. The molecule has 0 saturated heterocycles. The van der Waals surface area contributed by atoms with E-state index in [4.69, 9.17) is 9.15 Å². The van der Waals surface area contributed by atoms with Crippen molar-refractivity contribution < 1.29 is 9.15 Å². The Labute approximate surface area is 104 Å². The van der Waals surface area contributed by atoms with E-state index in [2.05, 4.69) is 25.2 Å². The summed E-state index contributed by atoms with van der Waals surface area (Å²) in [6.07, 6.45) is 6.34. The molecule has 3 nitrogen and oxygen atoms in total. The Balaban J connectivity index is 1.86. The van der Waals surface area contributed by atoms with Crippen LogP contribution in [0.3, 0.4) is 0 Å². The Morgan fingerprint density at radius 3 is 3.12 bits per heavy atom. The first-order chi connectivity index (χ1) is 8.12. The molecule has 0 spiro atoms. The van der Waals surface area contributed by atoms with Crippen LogP contribution >= 0.6 is 0 Å². The van der Waals surface area contributed by atoms with Crippen LogP contribution in [0, 0.1) is 0 Å². The Kier molecular flexibility index (Phi) is 3.89. The fourth-order valence-electron chi connectivity index (χ4n) is 2.35. The van der Waals surface area contributed by atoms with Gasteiger partial charge in [0.2, 0.25) is 0 Å². The van der Waals surface area contributed by atoms with Crippen molar-refractivity contribution in [1.82, 2.24) is 5.32 Å². The maximum Gasteiger partial charge on any atom is 0.108 e. The second-order valence-corrected chi connectivity index (χ2v) is 5.41. The highest BCUT2D eigenvalue weighted by atomic mass is 16.5. The van der Waals surface area contributed by atoms with Crippen LogP contribution in [0.1, 0.15) is 50.5 Å². The van der Waals surface area contributed by atoms with Gasteiger partial charge in [0, 0.05) is 25.1 Å². The lowest BCUT2D eigenvalue weighted by molar-refractivity contribution is 0.0152. The lowest BCUT2D eigenvalue weighted by atomic mass is 9.93. The zero-order chi connectivity index (χ0) is 12.3. The van der Waals surface area contributed by atoms with E-state index in [1.54, 1.807) is 7.11 Å². The molecular weight excluding hydrogens is 214 g/mol. The van der Waals surface area contributed by atoms with Crippen molar-refractivity contribution in [1.29, 1.82) is 0 Å². The molecule has 1 atom stereocenters. The molecular formula is C14H23NO2. The summed E-state index contributed by atoms with van der Waals surface area (Å²) in [7, 11) is 1.77. The predicted octanol–water partition coefficient (Wildman–Crippen LogP) is 3.06. The summed E-state index contributed by atoms with van der Waals surface area (Å²) < 4.78 is 10.9. The highest BCUT2D eigenvalue weighted by molar-refractivity contribution is 5.23. The standard InChI is InChI=1S/C14H23NO2/c1-14(2,16-3)8-9-15-12-5-4-6-13-11(12)7-10-17-13/h7,10,12,15H,4-6,8-9H2,1-3H3. The number of fused-ring (bicyclic) bond motifs is 1. The SMILES string of the molecule is COC(C)(C)CCNC1CCCc2occc21. The number of aryl methyl sites for hydroxylation is 1. The molecule has 1 aromatic heterocycles. The average molecular weight is 237 g/mol. The van der Waals surface area contributed by atoms with E-state index < -0.39 is 0 Å². The highest BCUT2D eigenvalue weighted by Crippen LogP contribution is 2.30. The Hall–Kier alpha value is -0.800. The van der Waals surface area contributed by atoms with Crippen molar-refractivity contribution in [3.8, 4) is 0 Å². The van der Waals surface area contributed by atoms with Crippen molar-refractivity contribution in [2.24, 2.45) is 0 Å². The summed E-state index contributed by atoms with van der Waals surface area (Å²) >= 11 is 0. The smallest absolute Gasteiger partial charge is 0.108 e. The van der Waals surface area contributed by atoms with Crippen molar-refractivity contribution in [2.75, 3.05) is 13.7 Å². The fourth-order valence-corrected chi connectivity index (χ4v) is 2.35. The van der Waals surface area contributed by atoms with Crippen LogP contribution in [0.15, 0.2) is 16.7 Å². The molecule has 1 aromatic rings. The molecule has 1 aliphatic rings. The minimum Gasteiger partial charge on any atom is -0.469 e. The summed E-state index contributed by atoms with van der Waals surface area (Å²) in [6.45, 7) is 5.23. The van der Waals surface area contributed by atoms with Crippen LogP contribution in [0.4, 0.5) is 0 Å². The average Bonchev–Trinajstić information content (AvgIpc) is 2.78. The van der Waals surface area contributed by atoms with Crippen LogP contribution < -0.4 is 5.32 Å². The Morgan fingerprint density at radius 1 is 1.53 bits per heavy atom. The van der Waals surface area contributed by atoms with Crippen molar-refractivity contribution in [3.05, 3.63) is 23.7 Å². The molecule has 0 aromatic carbocycles. The molecule has 1 aliphatic carbocycles. The van der Waals surface area contributed by atoms with Gasteiger partial charge in [0.1, 0.15) is 5.76 Å². The summed E-state index contributed by atoms with van der Waals surface area (Å²) in [6, 6.07) is 2.57. The van der Waals surface area contributed by atoms with Crippen LogP contribution in [0.2, 0.25) is 0 Å². The maximum absolute atomic E-state index is 5.49. The molecule has 0 bridgehead atoms. The largest absolute Gasteiger partial charge is 0.469 e. The van der Waals surface area contributed by atoms with Gasteiger partial charge in [-0.3, -0.25) is 0 Å². The molecule has 0 aliphatic heterocycles. The second kappa shape index (κ2) is 5.23. The van der Waals surface area contributed by atoms with Gasteiger partial charge >= 0.3 is 0 Å². The van der Waals surface area contributed by atoms with Crippen LogP contribution in [-0.2, 0) is 11.2 Å². The van der Waals surface area contributed by atoms with E-state index in [0.717, 1.165) is 19.4 Å². The van der Waals surface area contributed by atoms with Gasteiger partial charge in [0.25, 0.3) is 0 Å². The van der Waals surface area contributed by atoms with E-state index in [1.807, 2.05) is 6.26 Å². The minimum absolute atomic E-state index is 0.0408. The van der Waals surface area contributed by atoms with E-state index >= 15 is 0 Å². The second-order valence-electron chi connectivity index (χ2n) is 5.41. The minimum atomic E-state index is -0.0408. The number of furan rings is 1. The summed E-state index contributed by atoms with van der Waals surface area (Å²) in [5.74, 6) is 1.17. The first kappa shape index (κ1) is 12.7. The van der Waals surface area contributed by atoms with Gasteiger partial charge in [-0.25, -0.2) is 0 Å². The third-order valence-electron chi connectivity index (χ3n) is 3.72. The summed E-state index contributed by atoms with van der Waals surface area (Å²) in [5.41, 5.74) is 1.31. The van der Waals surface area contributed by atoms with Gasteiger partial charge in [0.05, 0.1) is 11.9 Å². The normalized spacial score (nSPS) is 20.3. The van der Waals surface area contributed by atoms with Gasteiger partial charge in [-0.05, 0) is 45.7 Å². The van der Waals surface area contributed by atoms with Gasteiger partial charge < -0.3 is 14.5 Å². The van der Waals surface area contributed by atoms with E-state index in [0.29, 0.717) is 6.04 Å². The van der Waals surface area contributed by atoms with Gasteiger partial charge in [0.15, 0.2) is 0 Å². The number of hydrogen-bond donors (Lipinski definition) is 1. The molecule has 2 rings (SSSR count). The zero-order valence-electron chi connectivity index (χ0n) is 11.1. The molecule has 1 heterocycles. The molecule has 0 fully saturated rings. The van der Waals surface area contributed by atoms with Gasteiger partial charge in [-0.15, -0.1) is 0 Å². The number of methoxy groups -OCH3 is 1. The Morgan fingerprint density at radius 2 is 2.35 bits per heavy atom. The first-order valence-corrected chi connectivity index (χ1v) is 6.47. The predicted molar refractivity (Wildman–Crippen MR) is 68.1 cm³/mol. The summed E-state index contributed by atoms with van der Waals surface area (Å²) in [5, 5.41) is 3.61. The van der Waals surface area contributed by atoms with Crippen molar-refractivity contribution in [2.45, 2.75) is 51.2 Å². The van der Waals surface area contributed by atoms with E-state index in [-0.39, 0.29) is 5.60 Å². The van der Waals surface area contributed by atoms with Gasteiger partial charge in [-0.2, -0.15) is 0 Å². The lowest BCUT2D eigenvalue weighted by Gasteiger charge is -2.26. The van der Waals surface area contributed by atoms with Crippen molar-refractivity contribution in [3.63, 3.8) is 0 Å². The van der Waals surface area contributed by atoms with Crippen LogP contribution in [-0.4, -0.2) is 19.3 Å². The molecule has 1 N–H and O–H groups in total. The first-order valence-electron chi connectivity index (χ1n) is 6.47. The van der Waals surface area contributed by atoms with Crippen molar-refractivity contribution >= 4 is 0 Å². The quantitative estimate of drug-likeness (QED) is 0.854. The van der Waals surface area contributed by atoms with Crippen LogP contribution in [0.5, 0.6) is 0 Å². The fraction of sp³-hybridized carbons (Fsp3) is 0.714. The topological polar surface area (TPSA) is 34.4 Å². The monoisotopic (exact) mass is 237 g/mol. The third-order valence-corrected chi connectivity index (χ3v) is 3.72. The number of ether oxygens (including phenoxy) is 1. The molecule has 1 unspecified atom stereocenters. The molecule has 96 valence electrons. The molecule has 3 heteroatoms. The number of rotatable bonds is 5. The number of nitrogens with one attached hydrogen (secondary N) is 1. The van der Waals surface area contributed by atoms with Crippen LogP contribution in [0.25, 0.3) is 0 Å². The number of hydrogen-bond acceptors (Lipinski definition) is 3. The lowest BCUT2D eigenvalue weighted by Crippen LogP contribution is -2.32. The molecule has 0 saturated carbocycles. The van der Waals surface area contributed by atoms with Gasteiger partial charge in [-0.1, -0.05) is 0 Å². The highest BCUT2D eigenvalue weighted by Gasteiger charge is 2.23. The third kappa shape index (κ3) is 3.11. The molecule has 0 amide bonds. The van der Waals surface area contributed by atoms with E-state index in [9.17, 15) is 0 Å².